The topological polar surface area (TPSA) is 29.5 Å². The van der Waals surface area contributed by atoms with E-state index >= 15 is 0 Å². The van der Waals surface area contributed by atoms with E-state index in [1.165, 1.54) is 6.42 Å². The van der Waals surface area contributed by atoms with E-state index in [1.54, 1.807) is 14.1 Å². The zero-order valence-electron chi connectivity index (χ0n) is 11.0. The van der Waals surface area contributed by atoms with Crippen molar-refractivity contribution in [3.05, 3.63) is 5.21 Å². The molecular formula is C11H27N3O. The van der Waals surface area contributed by atoms with Crippen LogP contribution in [-0.2, 0) is 0 Å². The molecule has 0 saturated heterocycles. The fourth-order valence-corrected chi connectivity index (χ4v) is 1.49. The molecule has 0 fully saturated rings. The number of hydrogen-bond donors (Lipinski definition) is 0. The van der Waals surface area contributed by atoms with Crippen molar-refractivity contribution in [2.75, 3.05) is 61.4 Å². The third-order valence-electron chi connectivity index (χ3n) is 2.38. The zero-order chi connectivity index (χ0) is 11.9. The molecule has 0 N–H and O–H groups in total. The Morgan fingerprint density at radius 2 is 1.47 bits per heavy atom. The Balaban J connectivity index is 3.37. The van der Waals surface area contributed by atoms with Crippen molar-refractivity contribution in [1.29, 1.82) is 0 Å². The van der Waals surface area contributed by atoms with Crippen LogP contribution in [-0.4, -0.2) is 75.9 Å². The summed E-state index contributed by atoms with van der Waals surface area (Å²) in [7, 11) is 9.72. The van der Waals surface area contributed by atoms with Crippen molar-refractivity contribution >= 4 is 0 Å². The second kappa shape index (κ2) is 7.17. The van der Waals surface area contributed by atoms with Crippen LogP contribution in [0.15, 0.2) is 0 Å². The number of hydroxylamine groups is 3. The largest absolute Gasteiger partial charge is 0.633 e. The van der Waals surface area contributed by atoms with Crippen LogP contribution in [0.2, 0.25) is 0 Å². The molecule has 0 unspecified atom stereocenters. The quantitative estimate of drug-likeness (QED) is 0.445. The van der Waals surface area contributed by atoms with E-state index in [-0.39, 0.29) is 4.65 Å². The van der Waals surface area contributed by atoms with Gasteiger partial charge in [-0.25, -0.2) is 0 Å². The van der Waals surface area contributed by atoms with Gasteiger partial charge in [0.05, 0.1) is 20.6 Å². The van der Waals surface area contributed by atoms with Gasteiger partial charge in [0.25, 0.3) is 0 Å². The van der Waals surface area contributed by atoms with Crippen LogP contribution in [0.4, 0.5) is 0 Å². The Kier molecular flexibility index (Phi) is 7.09. The summed E-state index contributed by atoms with van der Waals surface area (Å²) in [6, 6.07) is 0. The van der Waals surface area contributed by atoms with E-state index in [0.717, 1.165) is 26.1 Å². The van der Waals surface area contributed by atoms with E-state index in [2.05, 4.69) is 30.9 Å². The van der Waals surface area contributed by atoms with Crippen LogP contribution in [0, 0.1) is 5.21 Å². The average molecular weight is 217 g/mol. The van der Waals surface area contributed by atoms with Gasteiger partial charge in [-0.15, -0.1) is 0 Å². The minimum absolute atomic E-state index is 0.175. The van der Waals surface area contributed by atoms with Crippen LogP contribution in [0.3, 0.4) is 0 Å². The minimum Gasteiger partial charge on any atom is -0.633 e. The summed E-state index contributed by atoms with van der Waals surface area (Å²) >= 11 is 0. The molecule has 4 nitrogen and oxygen atoms in total. The van der Waals surface area contributed by atoms with E-state index in [9.17, 15) is 5.21 Å². The molecule has 0 heterocycles. The molecule has 15 heavy (non-hydrogen) atoms. The summed E-state index contributed by atoms with van der Waals surface area (Å²) in [5.41, 5.74) is 0. The fourth-order valence-electron chi connectivity index (χ4n) is 1.49. The first-order chi connectivity index (χ1) is 6.81. The molecule has 0 saturated carbocycles. The van der Waals surface area contributed by atoms with E-state index < -0.39 is 0 Å². The maximum absolute atomic E-state index is 11.3. The molecule has 92 valence electrons. The van der Waals surface area contributed by atoms with Crippen LogP contribution in [0.5, 0.6) is 0 Å². The minimum atomic E-state index is -0.175. The van der Waals surface area contributed by atoms with Gasteiger partial charge in [-0.05, 0) is 40.7 Å². The lowest BCUT2D eigenvalue weighted by Crippen LogP contribution is -2.35. The Morgan fingerprint density at radius 3 is 1.93 bits per heavy atom. The number of quaternary nitrogens is 1. The first kappa shape index (κ1) is 14.8. The lowest BCUT2D eigenvalue weighted by Gasteiger charge is -2.34. The monoisotopic (exact) mass is 217 g/mol. The fraction of sp³-hybridized carbons (Fsp3) is 1.00. The number of hydrogen-bond acceptors (Lipinski definition) is 3. The van der Waals surface area contributed by atoms with Gasteiger partial charge in [0.15, 0.2) is 0 Å². The van der Waals surface area contributed by atoms with Gasteiger partial charge in [0, 0.05) is 13.0 Å². The Bertz CT molecular complexity index is 154. The molecule has 0 aromatic rings. The second-order valence-corrected chi connectivity index (χ2v) is 5.11. The van der Waals surface area contributed by atoms with Crippen molar-refractivity contribution in [2.45, 2.75) is 12.8 Å². The van der Waals surface area contributed by atoms with Crippen molar-refractivity contribution in [1.82, 2.24) is 9.80 Å². The van der Waals surface area contributed by atoms with Gasteiger partial charge >= 0.3 is 0 Å². The first-order valence-corrected chi connectivity index (χ1v) is 5.68. The molecule has 0 atom stereocenters. The SMILES string of the molecule is CN(C)CCCN(C)CCC[N+](C)(C)[O-]. The summed E-state index contributed by atoms with van der Waals surface area (Å²) in [6.45, 7) is 3.98. The van der Waals surface area contributed by atoms with E-state index in [4.69, 9.17) is 0 Å². The highest BCUT2D eigenvalue weighted by Crippen LogP contribution is 1.97. The number of nitrogens with zero attached hydrogens (tertiary/aromatic N) is 3. The summed E-state index contributed by atoms with van der Waals surface area (Å²) in [6.07, 6.45) is 2.17. The predicted octanol–water partition coefficient (Wildman–Crippen LogP) is 0.834. The molecule has 4 heteroatoms. The van der Waals surface area contributed by atoms with Gasteiger partial charge in [0.2, 0.25) is 0 Å². The molecule has 0 amide bonds. The van der Waals surface area contributed by atoms with Crippen LogP contribution in [0.1, 0.15) is 12.8 Å². The molecular weight excluding hydrogens is 190 g/mol. The summed E-state index contributed by atoms with van der Waals surface area (Å²) < 4.78 is -0.175. The zero-order valence-corrected chi connectivity index (χ0v) is 11.0. The highest BCUT2D eigenvalue weighted by molar-refractivity contribution is 4.54. The lowest BCUT2D eigenvalue weighted by atomic mass is 10.3. The lowest BCUT2D eigenvalue weighted by molar-refractivity contribution is -0.840. The standard InChI is InChI=1S/C11H27N3O/c1-12(2)8-6-9-13(3)10-7-11-14(4,5)15/h6-11H2,1-5H3. The van der Waals surface area contributed by atoms with E-state index in [1.807, 2.05) is 0 Å². The summed E-state index contributed by atoms with van der Waals surface area (Å²) in [5.74, 6) is 0. The maximum atomic E-state index is 11.3. The molecule has 0 bridgehead atoms. The molecule has 0 aromatic heterocycles. The molecule has 0 aromatic carbocycles. The van der Waals surface area contributed by atoms with Crippen molar-refractivity contribution < 1.29 is 4.65 Å². The maximum Gasteiger partial charge on any atom is 0.0792 e. The van der Waals surface area contributed by atoms with Crippen molar-refractivity contribution in [3.63, 3.8) is 0 Å². The second-order valence-electron chi connectivity index (χ2n) is 5.11. The van der Waals surface area contributed by atoms with E-state index in [0.29, 0.717) is 6.54 Å². The molecule has 0 aliphatic heterocycles. The molecule has 0 rings (SSSR count). The summed E-state index contributed by atoms with van der Waals surface area (Å²) in [5, 5.41) is 11.3. The van der Waals surface area contributed by atoms with Crippen LogP contribution < -0.4 is 0 Å². The normalized spacial score (nSPS) is 12.8. The first-order valence-electron chi connectivity index (χ1n) is 5.68. The smallest absolute Gasteiger partial charge is 0.0792 e. The third-order valence-corrected chi connectivity index (χ3v) is 2.38. The molecule has 0 aliphatic rings. The average Bonchev–Trinajstić information content (AvgIpc) is 2.00. The molecule has 0 radical (unpaired) electrons. The Hall–Kier alpha value is -0.160. The highest BCUT2D eigenvalue weighted by atomic mass is 16.5. The number of rotatable bonds is 8. The van der Waals surface area contributed by atoms with Gasteiger partial charge in [0.1, 0.15) is 0 Å². The van der Waals surface area contributed by atoms with Crippen molar-refractivity contribution in [2.24, 2.45) is 0 Å². The van der Waals surface area contributed by atoms with Gasteiger partial charge in [-0.2, -0.15) is 0 Å². The third kappa shape index (κ3) is 11.8. The van der Waals surface area contributed by atoms with Gasteiger partial charge in [-0.1, -0.05) is 0 Å². The Labute approximate surface area is 94.6 Å². The molecule has 0 aliphatic carbocycles. The molecule has 0 spiro atoms. The highest BCUT2D eigenvalue weighted by Gasteiger charge is 2.03. The Morgan fingerprint density at radius 1 is 0.933 bits per heavy atom. The summed E-state index contributed by atoms with van der Waals surface area (Å²) in [4.78, 5) is 4.50. The van der Waals surface area contributed by atoms with Crippen LogP contribution in [0.25, 0.3) is 0 Å². The van der Waals surface area contributed by atoms with Gasteiger partial charge < -0.3 is 19.7 Å². The van der Waals surface area contributed by atoms with Gasteiger partial charge in [-0.3, -0.25) is 0 Å². The predicted molar refractivity (Wildman–Crippen MR) is 65.6 cm³/mol. The van der Waals surface area contributed by atoms with Crippen molar-refractivity contribution in [3.8, 4) is 0 Å². The van der Waals surface area contributed by atoms with Crippen LogP contribution >= 0.6 is 0 Å².